The van der Waals surface area contributed by atoms with Gasteiger partial charge in [-0.1, -0.05) is 187 Å². The van der Waals surface area contributed by atoms with Crippen LogP contribution in [0.4, 0.5) is 45.5 Å². The van der Waals surface area contributed by atoms with Crippen LogP contribution in [-0.2, 0) is 0 Å². The molecule has 0 fully saturated rings. The fraction of sp³-hybridized carbons (Fsp3) is 0.109. The molecule has 1 aliphatic heterocycles. The Balaban J connectivity index is 1.43. The third-order valence-corrected chi connectivity index (χ3v) is 17.6. The van der Waals surface area contributed by atoms with Gasteiger partial charge in [0.25, 0.3) is 0 Å². The van der Waals surface area contributed by atoms with E-state index in [9.17, 15) is 0 Å². The molecular formula is C64H58N6Si. The van der Waals surface area contributed by atoms with E-state index >= 15 is 0 Å². The van der Waals surface area contributed by atoms with Crippen LogP contribution >= 0.6 is 0 Å². The number of anilines is 8. The van der Waals surface area contributed by atoms with E-state index < -0.39 is 8.07 Å². The molecule has 348 valence electrons. The monoisotopic (exact) mass is 938 g/mol. The lowest BCUT2D eigenvalue weighted by Crippen LogP contribution is -2.50. The van der Waals surface area contributed by atoms with Crippen molar-refractivity contribution in [1.29, 1.82) is 0 Å². The molecular weight excluding hydrogens is 881 g/mol. The van der Waals surface area contributed by atoms with Crippen molar-refractivity contribution in [3.63, 3.8) is 0 Å². The summed E-state index contributed by atoms with van der Waals surface area (Å²) in [6.45, 7) is 20.0. The summed E-state index contributed by atoms with van der Waals surface area (Å²) in [5, 5.41) is 2.73. The second-order valence-corrected chi connectivity index (χ2v) is 23.5. The zero-order chi connectivity index (χ0) is 49.2. The van der Waals surface area contributed by atoms with E-state index in [1.54, 1.807) is 0 Å². The fourth-order valence-electron chi connectivity index (χ4n) is 9.49. The fourth-order valence-corrected chi connectivity index (χ4v) is 12.1. The highest BCUT2D eigenvalue weighted by molar-refractivity contribution is 6.97. The highest BCUT2D eigenvalue weighted by atomic mass is 28.3. The molecule has 10 rings (SSSR count). The number of rotatable bonds is 12. The number of benzene rings is 8. The molecule has 0 bridgehead atoms. The third kappa shape index (κ3) is 9.16. The molecule has 1 aliphatic rings. The van der Waals surface area contributed by atoms with Crippen molar-refractivity contribution in [1.82, 2.24) is 15.0 Å². The lowest BCUT2D eigenvalue weighted by atomic mass is 10.0. The van der Waals surface area contributed by atoms with Crippen LogP contribution < -0.4 is 19.9 Å². The number of para-hydroxylation sites is 1. The second kappa shape index (κ2) is 19.5. The van der Waals surface area contributed by atoms with Gasteiger partial charge in [-0.15, -0.1) is 0 Å². The van der Waals surface area contributed by atoms with Gasteiger partial charge in [-0.05, 0) is 113 Å². The molecule has 6 nitrogen and oxygen atoms in total. The molecule has 2 heterocycles. The minimum atomic E-state index is -2.21. The molecule has 0 saturated carbocycles. The standard InChI is InChI=1S/C64H58N6Si/c1-9-10-23-56-48(6)71(7,8)60-25-18-17-24-57(60)70(56)61-58(68(52-34-26-44(2)27-35-52)53-36-28-45(3)29-37-53)42-51(43-59(61)69(54-38-30-46(4)31-39-54)55-40-32-47(5)33-41-55)64-66-62(49-19-13-11-14-20-49)65-63(67-64)50-21-15-12-16-22-50/h9-43H,1H2,2-8H3/b23-10-. The minimum Gasteiger partial charge on any atom is -0.308 e. The van der Waals surface area contributed by atoms with Crippen LogP contribution in [0.2, 0.25) is 13.1 Å². The molecule has 7 heteroatoms. The van der Waals surface area contributed by atoms with Gasteiger partial charge in [-0.2, -0.15) is 0 Å². The molecule has 0 saturated heterocycles. The van der Waals surface area contributed by atoms with Gasteiger partial charge in [0.2, 0.25) is 0 Å². The van der Waals surface area contributed by atoms with Gasteiger partial charge < -0.3 is 14.7 Å². The van der Waals surface area contributed by atoms with E-state index in [0.29, 0.717) is 17.5 Å². The molecule has 0 amide bonds. The van der Waals surface area contributed by atoms with E-state index in [0.717, 1.165) is 67.9 Å². The first-order chi connectivity index (χ1) is 34.5. The Hall–Kier alpha value is -8.39. The summed E-state index contributed by atoms with van der Waals surface area (Å²) in [5.74, 6) is 1.74. The third-order valence-electron chi connectivity index (χ3n) is 13.7. The van der Waals surface area contributed by atoms with Crippen molar-refractivity contribution in [3.8, 4) is 34.2 Å². The molecule has 9 aromatic rings. The molecule has 0 unspecified atom stereocenters. The number of hydrogen-bond acceptors (Lipinski definition) is 6. The summed E-state index contributed by atoms with van der Waals surface area (Å²) in [6.07, 6.45) is 6.21. The van der Waals surface area contributed by atoms with Gasteiger partial charge in [-0.25, -0.2) is 15.0 Å². The Morgan fingerprint density at radius 1 is 0.451 bits per heavy atom. The van der Waals surface area contributed by atoms with Crippen molar-refractivity contribution in [2.75, 3.05) is 14.7 Å². The lowest BCUT2D eigenvalue weighted by Gasteiger charge is -2.44. The molecule has 0 N–H and O–H groups in total. The minimum absolute atomic E-state index is 0.554. The number of aryl methyl sites for hydroxylation is 4. The van der Waals surface area contributed by atoms with Gasteiger partial charge >= 0.3 is 0 Å². The highest BCUT2D eigenvalue weighted by Gasteiger charge is 2.40. The van der Waals surface area contributed by atoms with E-state index in [2.05, 4.69) is 239 Å². The zero-order valence-corrected chi connectivity index (χ0v) is 42.6. The first-order valence-corrected chi connectivity index (χ1v) is 27.3. The van der Waals surface area contributed by atoms with Crippen LogP contribution in [0.5, 0.6) is 0 Å². The van der Waals surface area contributed by atoms with Crippen molar-refractivity contribution in [3.05, 3.63) is 252 Å². The summed E-state index contributed by atoms with van der Waals surface area (Å²) in [4.78, 5) is 23.3. The first-order valence-electron chi connectivity index (χ1n) is 24.3. The summed E-state index contributed by atoms with van der Waals surface area (Å²) in [6, 6.07) is 69.4. The number of nitrogens with zero attached hydrogens (tertiary/aromatic N) is 6. The molecule has 71 heavy (non-hydrogen) atoms. The number of hydrogen-bond donors (Lipinski definition) is 0. The van der Waals surface area contributed by atoms with Gasteiger partial charge in [0.15, 0.2) is 17.5 Å². The Bertz CT molecular complexity index is 3170. The predicted octanol–water partition coefficient (Wildman–Crippen LogP) is 16.7. The quantitative estimate of drug-likeness (QED) is 0.0898. The van der Waals surface area contributed by atoms with E-state index in [-0.39, 0.29) is 0 Å². The van der Waals surface area contributed by atoms with Crippen molar-refractivity contribution in [2.24, 2.45) is 0 Å². The van der Waals surface area contributed by atoms with Crippen molar-refractivity contribution >= 4 is 58.8 Å². The molecule has 0 spiro atoms. The average Bonchev–Trinajstić information content (AvgIpc) is 3.40. The molecule has 8 aromatic carbocycles. The topological polar surface area (TPSA) is 48.4 Å². The first kappa shape index (κ1) is 46.3. The van der Waals surface area contributed by atoms with Crippen LogP contribution in [-0.4, -0.2) is 23.0 Å². The molecule has 1 aromatic heterocycles. The van der Waals surface area contributed by atoms with Crippen molar-refractivity contribution < 1.29 is 0 Å². The summed E-state index contributed by atoms with van der Waals surface area (Å²) >= 11 is 0. The lowest BCUT2D eigenvalue weighted by molar-refractivity contribution is 1.07. The van der Waals surface area contributed by atoms with Crippen LogP contribution in [0.3, 0.4) is 0 Å². The van der Waals surface area contributed by atoms with E-state index in [1.807, 2.05) is 42.5 Å². The summed E-state index contributed by atoms with van der Waals surface area (Å²) < 4.78 is 0. The van der Waals surface area contributed by atoms with Gasteiger partial charge in [-0.3, -0.25) is 0 Å². The summed E-state index contributed by atoms with van der Waals surface area (Å²) in [5.41, 5.74) is 16.5. The van der Waals surface area contributed by atoms with Crippen LogP contribution in [0.25, 0.3) is 34.2 Å². The van der Waals surface area contributed by atoms with Crippen LogP contribution in [0.1, 0.15) is 29.2 Å². The molecule has 0 radical (unpaired) electrons. The Labute approximate surface area is 420 Å². The maximum absolute atomic E-state index is 5.40. The van der Waals surface area contributed by atoms with Crippen LogP contribution in [0, 0.1) is 27.7 Å². The smallest absolute Gasteiger partial charge is 0.164 e. The van der Waals surface area contributed by atoms with Crippen molar-refractivity contribution in [2.45, 2.75) is 47.7 Å². The number of aromatic nitrogens is 3. The number of allylic oxidation sites excluding steroid dienone is 4. The predicted molar refractivity (Wildman–Crippen MR) is 302 cm³/mol. The van der Waals surface area contributed by atoms with E-state index in [1.165, 1.54) is 32.6 Å². The molecule has 0 aliphatic carbocycles. The maximum atomic E-state index is 5.40. The molecule has 0 atom stereocenters. The maximum Gasteiger partial charge on any atom is 0.164 e. The normalized spacial score (nSPS) is 13.0. The largest absolute Gasteiger partial charge is 0.308 e. The highest BCUT2D eigenvalue weighted by Crippen LogP contribution is 2.55. The van der Waals surface area contributed by atoms with E-state index in [4.69, 9.17) is 15.0 Å². The zero-order valence-electron chi connectivity index (χ0n) is 41.6. The Morgan fingerprint density at radius 2 is 0.817 bits per heavy atom. The van der Waals surface area contributed by atoms with Gasteiger partial charge in [0, 0.05) is 50.8 Å². The average molecular weight is 939 g/mol. The second-order valence-electron chi connectivity index (χ2n) is 19.0. The number of fused-ring (bicyclic) bond motifs is 1. The van der Waals surface area contributed by atoms with Crippen LogP contribution in [0.15, 0.2) is 230 Å². The Kier molecular flexibility index (Phi) is 12.8. The SMILES string of the molecule is C=C/C=C\C1=C(C)[Si](C)(C)c2ccccc2N1c1c(N(c2ccc(C)cc2)c2ccc(C)cc2)cc(-c2nc(-c3ccccc3)nc(-c3ccccc3)n2)cc1N(c1ccc(C)cc1)c1ccc(C)cc1. The van der Waals surface area contributed by atoms with Gasteiger partial charge in [0.1, 0.15) is 8.07 Å². The summed E-state index contributed by atoms with van der Waals surface area (Å²) in [7, 11) is -2.21. The van der Waals surface area contributed by atoms with Gasteiger partial charge in [0.05, 0.1) is 17.1 Å². The Morgan fingerprint density at radius 3 is 1.21 bits per heavy atom.